The monoisotopic (exact) mass is 195 g/mol. The first kappa shape index (κ1) is 10.5. The van der Waals surface area contributed by atoms with E-state index in [1.807, 2.05) is 6.08 Å². The molecule has 0 bridgehead atoms. The molecule has 0 radical (unpaired) electrons. The van der Waals surface area contributed by atoms with Gasteiger partial charge in [-0.15, -0.1) is 6.58 Å². The highest BCUT2D eigenvalue weighted by Gasteiger charge is 2.20. The molecular formula is C11H17NS. The van der Waals surface area contributed by atoms with E-state index in [2.05, 4.69) is 63.4 Å². The van der Waals surface area contributed by atoms with Crippen molar-refractivity contribution in [1.82, 2.24) is 4.90 Å². The summed E-state index contributed by atoms with van der Waals surface area (Å²) in [6.45, 7) is 7.96. The highest BCUT2D eigenvalue weighted by atomic mass is 32.1. The van der Waals surface area contributed by atoms with Crippen molar-refractivity contribution >= 4 is 12.6 Å². The van der Waals surface area contributed by atoms with Gasteiger partial charge in [-0.2, -0.15) is 12.6 Å². The molecular weight excluding hydrogens is 178 g/mol. The quantitative estimate of drug-likeness (QED) is 0.523. The Labute approximate surface area is 86.2 Å². The van der Waals surface area contributed by atoms with E-state index >= 15 is 0 Å². The maximum Gasteiger partial charge on any atom is 0.0649 e. The summed E-state index contributed by atoms with van der Waals surface area (Å²) in [5.74, 6) is 0. The number of hydrogen-bond acceptors (Lipinski definition) is 2. The van der Waals surface area contributed by atoms with Crippen molar-refractivity contribution in [3.05, 3.63) is 36.6 Å². The standard InChI is InChI=1S/C11H17NS/c1-5-10-7-6-9(8-12(10)4)11(2,3)13/h5-8,10,13H,1H2,2-4H3. The van der Waals surface area contributed by atoms with Gasteiger partial charge in [0.15, 0.2) is 0 Å². The highest BCUT2D eigenvalue weighted by molar-refractivity contribution is 7.82. The summed E-state index contributed by atoms with van der Waals surface area (Å²) in [6.07, 6.45) is 8.31. The molecule has 0 saturated carbocycles. The van der Waals surface area contributed by atoms with Crippen LogP contribution >= 0.6 is 12.6 Å². The van der Waals surface area contributed by atoms with E-state index < -0.39 is 0 Å². The van der Waals surface area contributed by atoms with Gasteiger partial charge in [0.1, 0.15) is 0 Å². The van der Waals surface area contributed by atoms with Crippen LogP contribution in [0.2, 0.25) is 0 Å². The summed E-state index contributed by atoms with van der Waals surface area (Å²) < 4.78 is -0.0725. The first-order valence-corrected chi connectivity index (χ1v) is 4.87. The zero-order valence-electron chi connectivity index (χ0n) is 8.49. The van der Waals surface area contributed by atoms with Crippen LogP contribution in [0.1, 0.15) is 13.8 Å². The summed E-state index contributed by atoms with van der Waals surface area (Å²) in [4.78, 5) is 2.14. The third-order valence-corrected chi connectivity index (χ3v) is 2.49. The molecule has 13 heavy (non-hydrogen) atoms. The number of rotatable bonds is 2. The van der Waals surface area contributed by atoms with Gasteiger partial charge < -0.3 is 4.90 Å². The molecule has 0 aromatic carbocycles. The number of likely N-dealkylation sites (N-methyl/N-ethyl adjacent to an activating group) is 1. The van der Waals surface area contributed by atoms with Crippen molar-refractivity contribution in [2.45, 2.75) is 24.6 Å². The summed E-state index contributed by atoms with van der Waals surface area (Å²) in [7, 11) is 2.05. The molecule has 2 heteroatoms. The molecule has 0 amide bonds. The van der Waals surface area contributed by atoms with E-state index in [1.165, 1.54) is 5.57 Å². The van der Waals surface area contributed by atoms with Crippen LogP contribution in [0.25, 0.3) is 0 Å². The third-order valence-electron chi connectivity index (χ3n) is 2.23. The molecule has 72 valence electrons. The molecule has 1 unspecified atom stereocenters. The van der Waals surface area contributed by atoms with E-state index in [0.29, 0.717) is 6.04 Å². The van der Waals surface area contributed by atoms with E-state index in [1.54, 1.807) is 0 Å². The Morgan fingerprint density at radius 3 is 2.62 bits per heavy atom. The van der Waals surface area contributed by atoms with Crippen LogP contribution in [0.15, 0.2) is 36.6 Å². The van der Waals surface area contributed by atoms with Crippen LogP contribution in [0.5, 0.6) is 0 Å². The number of hydrogen-bond donors (Lipinski definition) is 1. The Morgan fingerprint density at radius 1 is 1.62 bits per heavy atom. The zero-order valence-corrected chi connectivity index (χ0v) is 9.38. The molecule has 0 N–H and O–H groups in total. The molecule has 1 rings (SSSR count). The molecule has 1 atom stereocenters. The lowest BCUT2D eigenvalue weighted by molar-refractivity contribution is 0.426. The Morgan fingerprint density at radius 2 is 2.23 bits per heavy atom. The van der Waals surface area contributed by atoms with E-state index in [9.17, 15) is 0 Å². The van der Waals surface area contributed by atoms with Crippen LogP contribution in [0.4, 0.5) is 0 Å². The van der Waals surface area contributed by atoms with Crippen LogP contribution in [0, 0.1) is 0 Å². The van der Waals surface area contributed by atoms with Gasteiger partial charge in [0.2, 0.25) is 0 Å². The smallest absolute Gasteiger partial charge is 0.0649 e. The Kier molecular flexibility index (Phi) is 2.91. The lowest BCUT2D eigenvalue weighted by Crippen LogP contribution is -2.28. The summed E-state index contributed by atoms with van der Waals surface area (Å²) in [6, 6.07) is 0.319. The topological polar surface area (TPSA) is 3.24 Å². The van der Waals surface area contributed by atoms with Crippen LogP contribution in [-0.2, 0) is 0 Å². The first-order valence-electron chi connectivity index (χ1n) is 4.42. The highest BCUT2D eigenvalue weighted by Crippen LogP contribution is 2.27. The van der Waals surface area contributed by atoms with Gasteiger partial charge in [-0.1, -0.05) is 18.2 Å². The molecule has 1 aliphatic heterocycles. The fourth-order valence-electron chi connectivity index (χ4n) is 1.29. The van der Waals surface area contributed by atoms with Crippen LogP contribution < -0.4 is 0 Å². The average Bonchev–Trinajstić information content (AvgIpc) is 2.02. The number of thiol groups is 1. The molecule has 1 nitrogen and oxygen atoms in total. The van der Waals surface area contributed by atoms with Gasteiger partial charge >= 0.3 is 0 Å². The van der Waals surface area contributed by atoms with Crippen molar-refractivity contribution in [3.63, 3.8) is 0 Å². The van der Waals surface area contributed by atoms with Crippen LogP contribution in [0.3, 0.4) is 0 Å². The van der Waals surface area contributed by atoms with E-state index in [0.717, 1.165) is 0 Å². The lowest BCUT2D eigenvalue weighted by atomic mass is 9.99. The largest absolute Gasteiger partial charge is 0.370 e. The second-order valence-corrected chi connectivity index (χ2v) is 5.01. The molecule has 0 aliphatic carbocycles. The van der Waals surface area contributed by atoms with Crippen molar-refractivity contribution in [2.24, 2.45) is 0 Å². The average molecular weight is 195 g/mol. The van der Waals surface area contributed by atoms with Crippen molar-refractivity contribution in [2.75, 3.05) is 7.05 Å². The molecule has 0 aromatic rings. The predicted octanol–water partition coefficient (Wildman–Crippen LogP) is 2.63. The minimum Gasteiger partial charge on any atom is -0.370 e. The van der Waals surface area contributed by atoms with Gasteiger partial charge in [0.25, 0.3) is 0 Å². The van der Waals surface area contributed by atoms with Crippen molar-refractivity contribution in [1.29, 1.82) is 0 Å². The summed E-state index contributed by atoms with van der Waals surface area (Å²) >= 11 is 4.53. The normalized spacial score (nSPS) is 22.9. The Hall–Kier alpha value is -0.630. The van der Waals surface area contributed by atoms with Gasteiger partial charge in [-0.25, -0.2) is 0 Å². The second kappa shape index (κ2) is 3.62. The van der Waals surface area contributed by atoms with Gasteiger partial charge in [-0.3, -0.25) is 0 Å². The van der Waals surface area contributed by atoms with Crippen molar-refractivity contribution in [3.8, 4) is 0 Å². The first-order chi connectivity index (χ1) is 5.95. The fraction of sp³-hybridized carbons (Fsp3) is 0.455. The minimum atomic E-state index is -0.0725. The molecule has 0 aromatic heterocycles. The van der Waals surface area contributed by atoms with E-state index in [4.69, 9.17) is 0 Å². The van der Waals surface area contributed by atoms with Gasteiger partial charge in [-0.05, 0) is 19.4 Å². The van der Waals surface area contributed by atoms with Gasteiger partial charge in [0, 0.05) is 18.0 Å². The summed E-state index contributed by atoms with van der Waals surface area (Å²) in [5.41, 5.74) is 1.23. The summed E-state index contributed by atoms with van der Waals surface area (Å²) in [5, 5.41) is 0. The fourth-order valence-corrected chi connectivity index (χ4v) is 1.43. The minimum absolute atomic E-state index is 0.0725. The molecule has 0 spiro atoms. The molecule has 0 fully saturated rings. The van der Waals surface area contributed by atoms with Gasteiger partial charge in [0.05, 0.1) is 6.04 Å². The maximum absolute atomic E-state index is 4.53. The molecule has 0 saturated heterocycles. The van der Waals surface area contributed by atoms with Crippen LogP contribution in [-0.4, -0.2) is 22.7 Å². The SMILES string of the molecule is C=CC1C=CC(C(C)(C)S)=CN1C. The molecule has 1 aliphatic rings. The predicted molar refractivity (Wildman–Crippen MR) is 62.0 cm³/mol. The molecule has 1 heterocycles. The van der Waals surface area contributed by atoms with E-state index in [-0.39, 0.29) is 4.75 Å². The second-order valence-electron chi connectivity index (χ2n) is 3.89. The number of nitrogens with zero attached hydrogens (tertiary/aromatic N) is 1. The Bertz CT molecular complexity index is 258. The lowest BCUT2D eigenvalue weighted by Gasteiger charge is -2.30. The third kappa shape index (κ3) is 2.41. The Balaban J connectivity index is 2.85. The maximum atomic E-state index is 4.53. The van der Waals surface area contributed by atoms with Crippen molar-refractivity contribution < 1.29 is 0 Å². The number of allylic oxidation sites excluding steroid dienone is 1. The zero-order chi connectivity index (χ0) is 10.1.